The van der Waals surface area contributed by atoms with Crippen LogP contribution in [0, 0.1) is 5.82 Å². The molecule has 0 aliphatic rings. The average molecular weight is 376 g/mol. The van der Waals surface area contributed by atoms with E-state index in [1.165, 1.54) is 12.1 Å². The van der Waals surface area contributed by atoms with Gasteiger partial charge in [-0.05, 0) is 66.6 Å². The number of nitrogens with one attached hydrogen (secondary N) is 1. The molecule has 1 N–H and O–H groups in total. The zero-order valence-electron chi connectivity index (χ0n) is 15.5. The Hall–Kier alpha value is -3.47. The van der Waals surface area contributed by atoms with E-state index in [0.717, 1.165) is 11.1 Å². The highest BCUT2D eigenvalue weighted by Crippen LogP contribution is 2.15. The largest absolute Gasteiger partial charge is 0.484 e. The fourth-order valence-electron chi connectivity index (χ4n) is 2.58. The van der Waals surface area contributed by atoms with Gasteiger partial charge in [0.15, 0.2) is 6.61 Å². The molecule has 1 amide bonds. The Kier molecular flexibility index (Phi) is 6.52. The highest BCUT2D eigenvalue weighted by atomic mass is 19.1. The molecule has 3 rings (SSSR count). The van der Waals surface area contributed by atoms with E-state index in [2.05, 4.69) is 10.3 Å². The smallest absolute Gasteiger partial charge is 0.258 e. The van der Waals surface area contributed by atoms with Gasteiger partial charge in [0.2, 0.25) is 0 Å². The number of carbonyl (C=O) groups excluding carboxylic acids is 1. The van der Waals surface area contributed by atoms with Gasteiger partial charge in [0, 0.05) is 6.21 Å². The summed E-state index contributed by atoms with van der Waals surface area (Å²) >= 11 is 0. The Morgan fingerprint density at radius 2 is 1.71 bits per heavy atom. The zero-order valence-corrected chi connectivity index (χ0v) is 15.5. The monoisotopic (exact) mass is 376 g/mol. The van der Waals surface area contributed by atoms with Crippen molar-refractivity contribution in [3.05, 3.63) is 95.8 Å². The number of carbonyl (C=O) groups is 1. The highest BCUT2D eigenvalue weighted by molar-refractivity contribution is 5.82. The molecule has 142 valence electrons. The molecule has 3 aromatic carbocycles. The van der Waals surface area contributed by atoms with E-state index < -0.39 is 0 Å². The van der Waals surface area contributed by atoms with Crippen LogP contribution in [0.5, 0.6) is 5.75 Å². The maximum Gasteiger partial charge on any atom is 0.258 e. The van der Waals surface area contributed by atoms with Crippen molar-refractivity contribution in [1.29, 1.82) is 0 Å². The van der Waals surface area contributed by atoms with Crippen LogP contribution in [0.25, 0.3) is 0 Å². The summed E-state index contributed by atoms with van der Waals surface area (Å²) in [4.78, 5) is 16.4. The van der Waals surface area contributed by atoms with E-state index in [1.54, 1.807) is 30.5 Å². The van der Waals surface area contributed by atoms with Crippen LogP contribution in [0.1, 0.15) is 24.1 Å². The van der Waals surface area contributed by atoms with Gasteiger partial charge in [-0.2, -0.15) is 0 Å². The summed E-state index contributed by atoms with van der Waals surface area (Å²) in [6.45, 7) is 1.88. The van der Waals surface area contributed by atoms with Gasteiger partial charge in [-0.25, -0.2) is 4.39 Å². The van der Waals surface area contributed by atoms with Gasteiger partial charge in [-0.3, -0.25) is 9.79 Å². The lowest BCUT2D eigenvalue weighted by Crippen LogP contribution is -2.31. The van der Waals surface area contributed by atoms with E-state index in [4.69, 9.17) is 4.74 Å². The first-order valence-electron chi connectivity index (χ1n) is 8.97. The Bertz CT molecular complexity index is 923. The molecule has 0 aromatic heterocycles. The number of halogens is 1. The second-order valence-electron chi connectivity index (χ2n) is 6.29. The highest BCUT2D eigenvalue weighted by Gasteiger charge is 2.09. The molecule has 0 spiro atoms. The molecule has 0 aliphatic carbocycles. The van der Waals surface area contributed by atoms with Gasteiger partial charge < -0.3 is 10.1 Å². The van der Waals surface area contributed by atoms with Crippen molar-refractivity contribution in [2.45, 2.75) is 13.0 Å². The number of rotatable bonds is 7. The van der Waals surface area contributed by atoms with E-state index in [0.29, 0.717) is 11.4 Å². The molecular weight excluding hydrogens is 355 g/mol. The van der Waals surface area contributed by atoms with E-state index in [-0.39, 0.29) is 24.4 Å². The van der Waals surface area contributed by atoms with Crippen LogP contribution in [0.4, 0.5) is 10.1 Å². The lowest BCUT2D eigenvalue weighted by Gasteiger charge is -2.14. The Labute approximate surface area is 163 Å². The molecule has 0 saturated heterocycles. The van der Waals surface area contributed by atoms with Crippen molar-refractivity contribution in [2.24, 2.45) is 4.99 Å². The topological polar surface area (TPSA) is 50.7 Å². The predicted octanol–water partition coefficient (Wildman–Crippen LogP) is 4.83. The lowest BCUT2D eigenvalue weighted by atomic mass is 10.1. The first-order valence-corrected chi connectivity index (χ1v) is 8.97. The van der Waals surface area contributed by atoms with Gasteiger partial charge in [0.1, 0.15) is 11.6 Å². The molecule has 0 radical (unpaired) electrons. The van der Waals surface area contributed by atoms with Crippen LogP contribution in [0.15, 0.2) is 83.9 Å². The van der Waals surface area contributed by atoms with Crippen LogP contribution in [-0.4, -0.2) is 18.7 Å². The molecule has 28 heavy (non-hydrogen) atoms. The number of ether oxygens (including phenoxy) is 1. The first-order chi connectivity index (χ1) is 13.6. The minimum atomic E-state index is -0.289. The van der Waals surface area contributed by atoms with Crippen LogP contribution in [0.3, 0.4) is 0 Å². The molecule has 1 atom stereocenters. The average Bonchev–Trinajstić information content (AvgIpc) is 2.73. The summed E-state index contributed by atoms with van der Waals surface area (Å²) in [7, 11) is 0. The van der Waals surface area contributed by atoms with Gasteiger partial charge in [-0.1, -0.05) is 30.3 Å². The number of aliphatic imine (C=N–C) groups is 1. The van der Waals surface area contributed by atoms with Crippen LogP contribution < -0.4 is 10.1 Å². The Morgan fingerprint density at radius 1 is 1.04 bits per heavy atom. The van der Waals surface area contributed by atoms with Crippen molar-refractivity contribution in [2.75, 3.05) is 6.61 Å². The Balaban J connectivity index is 1.48. The number of nitrogens with zero attached hydrogens (tertiary/aromatic N) is 1. The zero-order chi connectivity index (χ0) is 19.8. The molecule has 0 unspecified atom stereocenters. The number of hydrogen-bond acceptors (Lipinski definition) is 3. The van der Waals surface area contributed by atoms with Crippen LogP contribution >= 0.6 is 0 Å². The molecule has 0 aliphatic heterocycles. The standard InChI is InChI=1S/C23H21FN2O2/c1-17(19-5-3-2-4-6-19)26-23(27)16-28-22-13-7-18(8-14-22)15-25-21-11-9-20(24)10-12-21/h2-15,17H,16H2,1H3,(H,26,27)/t17-/m0/s1. The summed E-state index contributed by atoms with van der Waals surface area (Å²) in [5.41, 5.74) is 2.59. The van der Waals surface area contributed by atoms with E-state index in [9.17, 15) is 9.18 Å². The van der Waals surface area contributed by atoms with Crippen molar-refractivity contribution >= 4 is 17.8 Å². The van der Waals surface area contributed by atoms with E-state index >= 15 is 0 Å². The third-order valence-electron chi connectivity index (χ3n) is 4.12. The first kappa shape index (κ1) is 19.3. The summed E-state index contributed by atoms with van der Waals surface area (Å²) < 4.78 is 18.4. The molecule has 0 bridgehead atoms. The number of amides is 1. The molecule has 0 fully saturated rings. The number of benzene rings is 3. The summed E-state index contributed by atoms with van der Waals surface area (Å²) in [5.74, 6) is 0.127. The fourth-order valence-corrected chi connectivity index (χ4v) is 2.58. The summed E-state index contributed by atoms with van der Waals surface area (Å²) in [6.07, 6.45) is 1.69. The second-order valence-corrected chi connectivity index (χ2v) is 6.29. The lowest BCUT2D eigenvalue weighted by molar-refractivity contribution is -0.123. The number of hydrogen-bond donors (Lipinski definition) is 1. The summed E-state index contributed by atoms with van der Waals surface area (Å²) in [6, 6.07) is 22.9. The third kappa shape index (κ3) is 5.77. The van der Waals surface area contributed by atoms with Crippen LogP contribution in [0.2, 0.25) is 0 Å². The van der Waals surface area contributed by atoms with Crippen molar-refractivity contribution < 1.29 is 13.9 Å². The maximum absolute atomic E-state index is 12.9. The minimum Gasteiger partial charge on any atom is -0.484 e. The second kappa shape index (κ2) is 9.46. The third-order valence-corrected chi connectivity index (χ3v) is 4.12. The molecule has 4 nitrogen and oxygen atoms in total. The molecule has 0 heterocycles. The van der Waals surface area contributed by atoms with E-state index in [1.807, 2.05) is 49.4 Å². The van der Waals surface area contributed by atoms with Crippen molar-refractivity contribution in [3.8, 4) is 5.75 Å². The molecule has 3 aromatic rings. The fraction of sp³-hybridized carbons (Fsp3) is 0.130. The van der Waals surface area contributed by atoms with Gasteiger partial charge in [-0.15, -0.1) is 0 Å². The molecule has 0 saturated carbocycles. The SMILES string of the molecule is C[C@H](NC(=O)COc1ccc(C=Nc2ccc(F)cc2)cc1)c1ccccc1. The quantitative estimate of drug-likeness (QED) is 0.600. The van der Waals surface area contributed by atoms with Gasteiger partial charge in [0.05, 0.1) is 11.7 Å². The molecular formula is C23H21FN2O2. The maximum atomic E-state index is 12.9. The van der Waals surface area contributed by atoms with Gasteiger partial charge in [0.25, 0.3) is 5.91 Å². The summed E-state index contributed by atoms with van der Waals surface area (Å²) in [5, 5.41) is 2.91. The normalized spacial score (nSPS) is 11.9. The van der Waals surface area contributed by atoms with Crippen molar-refractivity contribution in [1.82, 2.24) is 5.32 Å². The van der Waals surface area contributed by atoms with Crippen molar-refractivity contribution in [3.63, 3.8) is 0 Å². The van der Waals surface area contributed by atoms with Gasteiger partial charge >= 0.3 is 0 Å². The Morgan fingerprint density at radius 3 is 2.39 bits per heavy atom. The minimum absolute atomic E-state index is 0.0554. The predicted molar refractivity (Wildman–Crippen MR) is 109 cm³/mol. The molecule has 5 heteroatoms. The van der Waals surface area contributed by atoms with Crippen LogP contribution in [-0.2, 0) is 4.79 Å².